The second kappa shape index (κ2) is 8.12. The van der Waals surface area contributed by atoms with E-state index in [0.29, 0.717) is 32.8 Å². The fourth-order valence-corrected chi connectivity index (χ4v) is 3.79. The Kier molecular flexibility index (Phi) is 5.84. The summed E-state index contributed by atoms with van der Waals surface area (Å²) >= 11 is 13.5. The van der Waals surface area contributed by atoms with Crippen molar-refractivity contribution in [3.63, 3.8) is 0 Å². The minimum absolute atomic E-state index is 0.0716. The van der Waals surface area contributed by atoms with Gasteiger partial charge in [-0.2, -0.15) is 0 Å². The number of hydrogen-bond donors (Lipinski definition) is 2. The van der Waals surface area contributed by atoms with Crippen molar-refractivity contribution < 1.29 is 14.6 Å². The molecule has 0 saturated carbocycles. The number of anilines is 1. The van der Waals surface area contributed by atoms with Crippen LogP contribution in [-0.2, 0) is 0 Å². The average Bonchev–Trinajstić information content (AvgIpc) is 2.64. The van der Waals surface area contributed by atoms with Crippen molar-refractivity contribution >= 4 is 40.9 Å². The Balaban J connectivity index is 2.04. The van der Waals surface area contributed by atoms with E-state index in [0.717, 1.165) is 4.90 Å². The summed E-state index contributed by atoms with van der Waals surface area (Å²) in [5.41, 5.74) is 6.83. The summed E-state index contributed by atoms with van der Waals surface area (Å²) in [5.74, 6) is 1.33. The maximum atomic E-state index is 9.88. The summed E-state index contributed by atoms with van der Waals surface area (Å²) in [6.07, 6.45) is 0. The number of nitrogens with zero attached hydrogens (tertiary/aromatic N) is 2. The molecule has 0 atom stereocenters. The Labute approximate surface area is 170 Å². The highest BCUT2D eigenvalue weighted by molar-refractivity contribution is 7.99. The number of rotatable bonds is 5. The van der Waals surface area contributed by atoms with Gasteiger partial charge in [0.2, 0.25) is 5.95 Å². The minimum Gasteiger partial charge on any atom is -0.506 e. The van der Waals surface area contributed by atoms with Gasteiger partial charge in [0.05, 0.1) is 34.9 Å². The number of phenolic OH excluding ortho intramolecular Hbond substituents is 1. The van der Waals surface area contributed by atoms with Gasteiger partial charge in [0.25, 0.3) is 0 Å². The molecule has 3 rings (SSSR count). The number of methoxy groups -OCH3 is 2. The Bertz CT molecular complexity index is 1000. The van der Waals surface area contributed by atoms with E-state index < -0.39 is 0 Å². The lowest BCUT2D eigenvalue weighted by Crippen LogP contribution is -1.98. The van der Waals surface area contributed by atoms with Crippen molar-refractivity contribution in [1.82, 2.24) is 9.97 Å². The Hall–Kier alpha value is -2.35. The number of aromatic hydroxyl groups is 1. The van der Waals surface area contributed by atoms with E-state index in [4.69, 9.17) is 38.4 Å². The van der Waals surface area contributed by atoms with E-state index in [1.54, 1.807) is 32.4 Å². The molecular formula is C18H15Cl2N3O3S. The van der Waals surface area contributed by atoms with E-state index in [9.17, 15) is 5.11 Å². The molecule has 0 aliphatic rings. The third-order valence-electron chi connectivity index (χ3n) is 3.62. The van der Waals surface area contributed by atoms with Crippen LogP contribution < -0.4 is 15.2 Å². The molecule has 6 nitrogen and oxygen atoms in total. The van der Waals surface area contributed by atoms with E-state index in [1.807, 2.05) is 6.07 Å². The topological polar surface area (TPSA) is 90.5 Å². The summed E-state index contributed by atoms with van der Waals surface area (Å²) in [6, 6.07) is 10.0. The van der Waals surface area contributed by atoms with Gasteiger partial charge in [0.15, 0.2) is 0 Å². The molecule has 0 aliphatic heterocycles. The van der Waals surface area contributed by atoms with Crippen LogP contribution in [-0.4, -0.2) is 29.3 Å². The van der Waals surface area contributed by atoms with Gasteiger partial charge in [-0.15, -0.1) is 0 Å². The molecule has 140 valence electrons. The molecule has 0 radical (unpaired) electrons. The van der Waals surface area contributed by atoms with Gasteiger partial charge in [0, 0.05) is 5.56 Å². The first-order valence-electron chi connectivity index (χ1n) is 7.64. The van der Waals surface area contributed by atoms with Gasteiger partial charge < -0.3 is 20.3 Å². The van der Waals surface area contributed by atoms with Crippen LogP contribution in [0.4, 0.5) is 5.95 Å². The van der Waals surface area contributed by atoms with Gasteiger partial charge in [-0.3, -0.25) is 0 Å². The molecule has 3 N–H and O–H groups in total. The van der Waals surface area contributed by atoms with Gasteiger partial charge in [-0.1, -0.05) is 35.0 Å². The zero-order valence-corrected chi connectivity index (χ0v) is 16.7. The number of nitrogens with two attached hydrogens (primary N) is 1. The highest BCUT2D eigenvalue weighted by atomic mass is 35.5. The first-order chi connectivity index (χ1) is 12.9. The molecule has 1 aromatic heterocycles. The largest absolute Gasteiger partial charge is 0.506 e. The maximum absolute atomic E-state index is 9.88. The molecule has 0 spiro atoms. The van der Waals surface area contributed by atoms with Crippen LogP contribution in [0.2, 0.25) is 10.0 Å². The predicted octanol–water partition coefficient (Wildman–Crippen LogP) is 4.91. The van der Waals surface area contributed by atoms with Gasteiger partial charge in [-0.05, 0) is 36.4 Å². The van der Waals surface area contributed by atoms with Crippen LogP contribution in [0.25, 0.3) is 11.3 Å². The maximum Gasteiger partial charge on any atom is 0.221 e. The van der Waals surface area contributed by atoms with Gasteiger partial charge >= 0.3 is 0 Å². The van der Waals surface area contributed by atoms with Crippen molar-refractivity contribution in [1.29, 1.82) is 0 Å². The Morgan fingerprint density at radius 2 is 1.78 bits per heavy atom. The summed E-state index contributed by atoms with van der Waals surface area (Å²) in [7, 11) is 3.17. The number of halogens is 2. The smallest absolute Gasteiger partial charge is 0.221 e. The summed E-state index contributed by atoms with van der Waals surface area (Å²) in [4.78, 5) is 9.27. The number of nitrogen functional groups attached to an aromatic ring is 1. The quantitative estimate of drug-likeness (QED) is 0.563. The predicted molar refractivity (Wildman–Crippen MR) is 107 cm³/mol. The zero-order valence-electron chi connectivity index (χ0n) is 14.4. The molecule has 3 aromatic rings. The molecule has 0 amide bonds. The summed E-state index contributed by atoms with van der Waals surface area (Å²) in [5, 5.41) is 11.0. The number of ether oxygens (including phenoxy) is 2. The van der Waals surface area contributed by atoms with Crippen LogP contribution in [0.1, 0.15) is 0 Å². The molecule has 0 bridgehead atoms. The molecule has 9 heteroatoms. The van der Waals surface area contributed by atoms with Gasteiger partial charge in [-0.25, -0.2) is 9.97 Å². The van der Waals surface area contributed by atoms with Crippen molar-refractivity contribution in [2.75, 3.05) is 20.0 Å². The monoisotopic (exact) mass is 423 g/mol. The molecule has 0 aliphatic carbocycles. The second-order valence-electron chi connectivity index (χ2n) is 5.35. The lowest BCUT2D eigenvalue weighted by Gasteiger charge is -2.11. The van der Waals surface area contributed by atoms with Gasteiger partial charge in [0.1, 0.15) is 22.3 Å². The van der Waals surface area contributed by atoms with E-state index in [-0.39, 0.29) is 16.7 Å². The summed E-state index contributed by atoms with van der Waals surface area (Å²) < 4.78 is 10.7. The van der Waals surface area contributed by atoms with Crippen molar-refractivity contribution in [2.45, 2.75) is 9.92 Å². The molecular weight excluding hydrogens is 409 g/mol. The highest BCUT2D eigenvalue weighted by Crippen LogP contribution is 2.40. The van der Waals surface area contributed by atoms with Crippen molar-refractivity contribution in [2.24, 2.45) is 0 Å². The third-order valence-corrected chi connectivity index (χ3v) is 5.19. The SMILES string of the molecule is COc1ccc(OC)c(Sc2cc(-c3cc(O)c(Cl)cc3Cl)nc(N)n2)c1. The second-order valence-corrected chi connectivity index (χ2v) is 7.23. The fraction of sp³-hybridized carbons (Fsp3) is 0.111. The Morgan fingerprint density at radius 1 is 1.00 bits per heavy atom. The van der Waals surface area contributed by atoms with Crippen LogP contribution in [0, 0.1) is 0 Å². The molecule has 0 unspecified atom stereocenters. The minimum atomic E-state index is -0.100. The third kappa shape index (κ3) is 4.32. The Morgan fingerprint density at radius 3 is 2.48 bits per heavy atom. The van der Waals surface area contributed by atoms with E-state index in [2.05, 4.69) is 9.97 Å². The molecule has 0 fully saturated rings. The first kappa shape index (κ1) is 19.4. The van der Waals surface area contributed by atoms with Crippen molar-refractivity contribution in [3.8, 4) is 28.5 Å². The number of benzene rings is 2. The summed E-state index contributed by atoms with van der Waals surface area (Å²) in [6.45, 7) is 0. The van der Waals surface area contributed by atoms with Crippen LogP contribution >= 0.6 is 35.0 Å². The number of aromatic nitrogens is 2. The van der Waals surface area contributed by atoms with E-state index in [1.165, 1.54) is 23.9 Å². The normalized spacial score (nSPS) is 10.7. The molecule has 0 saturated heterocycles. The van der Waals surface area contributed by atoms with E-state index >= 15 is 0 Å². The number of hydrogen-bond acceptors (Lipinski definition) is 7. The van der Waals surface area contributed by atoms with Crippen LogP contribution in [0.15, 0.2) is 46.3 Å². The average molecular weight is 424 g/mol. The van der Waals surface area contributed by atoms with Crippen LogP contribution in [0.5, 0.6) is 17.2 Å². The molecule has 2 aromatic carbocycles. The zero-order chi connectivity index (χ0) is 19.6. The lowest BCUT2D eigenvalue weighted by molar-refractivity contribution is 0.394. The fourth-order valence-electron chi connectivity index (χ4n) is 2.34. The standard InChI is InChI=1S/C18H15Cl2N3O3S/c1-25-9-3-4-15(26-2)16(5-9)27-17-8-13(22-18(21)23-17)10-6-14(24)12(20)7-11(10)19/h3-8,24H,1-2H3,(H2,21,22,23). The first-order valence-corrected chi connectivity index (χ1v) is 9.21. The molecule has 27 heavy (non-hydrogen) atoms. The highest BCUT2D eigenvalue weighted by Gasteiger charge is 2.14. The number of phenols is 1. The molecule has 1 heterocycles. The van der Waals surface area contributed by atoms with Crippen LogP contribution in [0.3, 0.4) is 0 Å². The van der Waals surface area contributed by atoms with Crippen molar-refractivity contribution in [3.05, 3.63) is 46.4 Å². The lowest BCUT2D eigenvalue weighted by atomic mass is 10.1.